The van der Waals surface area contributed by atoms with Crippen LogP contribution in [0.15, 0.2) is 54.6 Å². The van der Waals surface area contributed by atoms with Crippen molar-refractivity contribution < 1.29 is 14.3 Å². The first-order valence-corrected chi connectivity index (χ1v) is 9.56. The second-order valence-corrected chi connectivity index (χ2v) is 6.91. The highest BCUT2D eigenvalue weighted by Crippen LogP contribution is 2.24. The Labute approximate surface area is 181 Å². The lowest BCUT2D eigenvalue weighted by atomic mass is 10.1. The van der Waals surface area contributed by atoms with Gasteiger partial charge in [0.2, 0.25) is 0 Å². The molecule has 0 unspecified atom stereocenters. The van der Waals surface area contributed by atoms with Gasteiger partial charge in [-0.05, 0) is 35.9 Å². The Kier molecular flexibility index (Phi) is 7.10. The second kappa shape index (κ2) is 9.75. The summed E-state index contributed by atoms with van der Waals surface area (Å²) in [6, 6.07) is 17.1. The summed E-state index contributed by atoms with van der Waals surface area (Å²) >= 11 is 0. The number of nitrogens with one attached hydrogen (secondary N) is 2. The third-order valence-electron chi connectivity index (χ3n) is 4.95. The van der Waals surface area contributed by atoms with Gasteiger partial charge in [-0.2, -0.15) is 5.10 Å². The van der Waals surface area contributed by atoms with E-state index in [9.17, 15) is 4.79 Å². The molecular weight excluding hydrogens is 404 g/mol. The van der Waals surface area contributed by atoms with Gasteiger partial charge in [0.05, 0.1) is 25.5 Å². The van der Waals surface area contributed by atoms with Crippen LogP contribution in [0.3, 0.4) is 0 Å². The number of carbonyl (C=O) groups is 1. The molecule has 1 atom stereocenters. The Morgan fingerprint density at radius 3 is 2.73 bits per heavy atom. The van der Waals surface area contributed by atoms with Crippen molar-refractivity contribution in [1.29, 1.82) is 0 Å². The fraction of sp³-hybridized carbons (Fsp3) is 0.273. The van der Waals surface area contributed by atoms with E-state index in [1.165, 1.54) is 0 Å². The monoisotopic (exact) mass is 428 g/mol. The van der Waals surface area contributed by atoms with Gasteiger partial charge in [-0.25, -0.2) is 0 Å². The minimum absolute atomic E-state index is 0. The van der Waals surface area contributed by atoms with Crippen molar-refractivity contribution in [2.24, 2.45) is 7.05 Å². The average molecular weight is 429 g/mol. The van der Waals surface area contributed by atoms with Gasteiger partial charge in [0.1, 0.15) is 11.4 Å². The minimum Gasteiger partial charge on any atom is -0.497 e. The molecule has 3 aromatic rings. The van der Waals surface area contributed by atoms with Gasteiger partial charge in [0.25, 0.3) is 5.91 Å². The molecule has 0 aliphatic carbocycles. The Morgan fingerprint density at radius 2 is 2.03 bits per heavy atom. The lowest BCUT2D eigenvalue weighted by molar-refractivity contribution is 0.0277. The molecule has 158 valence electrons. The number of carbonyl (C=O) groups excluding carboxylic acids is 1. The molecule has 4 rings (SSSR count). The molecule has 0 spiro atoms. The van der Waals surface area contributed by atoms with Crippen molar-refractivity contribution >= 4 is 24.0 Å². The molecule has 8 heteroatoms. The fourth-order valence-electron chi connectivity index (χ4n) is 3.36. The van der Waals surface area contributed by atoms with Crippen LogP contribution < -0.4 is 15.4 Å². The number of morpholine rings is 1. The van der Waals surface area contributed by atoms with Crippen molar-refractivity contribution in [3.63, 3.8) is 0 Å². The SMILES string of the molecule is COc1cccc(-c2cc(C(=O)Nc3ccc([C@H]4CNCCO4)cc3)n(C)n2)c1.Cl. The second-order valence-electron chi connectivity index (χ2n) is 6.91. The van der Waals surface area contributed by atoms with Crippen molar-refractivity contribution in [1.82, 2.24) is 15.1 Å². The predicted molar refractivity (Wildman–Crippen MR) is 118 cm³/mol. The standard InChI is InChI=1S/C22H24N4O3.ClH/c1-26-20(13-19(25-26)16-4-3-5-18(12-16)28-2)22(27)24-17-8-6-15(7-9-17)21-14-23-10-11-29-21;/h3-9,12-13,21,23H,10-11,14H2,1-2H3,(H,24,27);1H/t21-;/m1./s1. The molecular formula is C22H25ClN4O3. The van der Waals surface area contributed by atoms with Crippen LogP contribution in [0.1, 0.15) is 22.2 Å². The first-order chi connectivity index (χ1) is 14.1. The maximum Gasteiger partial charge on any atom is 0.273 e. The van der Waals surface area contributed by atoms with Crippen LogP contribution in [-0.4, -0.2) is 42.5 Å². The minimum atomic E-state index is -0.211. The normalized spacial score (nSPS) is 15.9. The molecule has 1 aromatic heterocycles. The summed E-state index contributed by atoms with van der Waals surface area (Å²) in [5.41, 5.74) is 3.91. The number of halogens is 1. The number of methoxy groups -OCH3 is 1. The third kappa shape index (κ3) is 4.81. The summed E-state index contributed by atoms with van der Waals surface area (Å²) in [6.45, 7) is 2.39. The molecule has 1 fully saturated rings. The van der Waals surface area contributed by atoms with Gasteiger partial charge < -0.3 is 20.1 Å². The fourth-order valence-corrected chi connectivity index (χ4v) is 3.36. The molecule has 7 nitrogen and oxygen atoms in total. The van der Waals surface area contributed by atoms with Gasteiger partial charge in [-0.3, -0.25) is 9.48 Å². The number of hydrogen-bond acceptors (Lipinski definition) is 5. The van der Waals surface area contributed by atoms with Crippen molar-refractivity contribution in [3.8, 4) is 17.0 Å². The van der Waals surface area contributed by atoms with Crippen LogP contribution >= 0.6 is 12.4 Å². The molecule has 1 aliphatic rings. The largest absolute Gasteiger partial charge is 0.497 e. The van der Waals surface area contributed by atoms with E-state index in [0.29, 0.717) is 18.0 Å². The summed E-state index contributed by atoms with van der Waals surface area (Å²) in [4.78, 5) is 12.8. The third-order valence-corrected chi connectivity index (χ3v) is 4.95. The van der Waals surface area contributed by atoms with Gasteiger partial charge in [0, 0.05) is 31.4 Å². The molecule has 0 bridgehead atoms. The molecule has 1 saturated heterocycles. The van der Waals surface area contributed by atoms with E-state index in [1.807, 2.05) is 48.5 Å². The van der Waals surface area contributed by atoms with E-state index in [2.05, 4.69) is 15.7 Å². The molecule has 2 aromatic carbocycles. The first-order valence-electron chi connectivity index (χ1n) is 9.56. The summed E-state index contributed by atoms with van der Waals surface area (Å²) in [5, 5.41) is 10.7. The van der Waals surface area contributed by atoms with E-state index in [1.54, 1.807) is 24.9 Å². The van der Waals surface area contributed by atoms with Crippen LogP contribution in [0.5, 0.6) is 5.75 Å². The maximum absolute atomic E-state index is 12.8. The van der Waals surface area contributed by atoms with Crippen LogP contribution in [0.25, 0.3) is 11.3 Å². The number of rotatable bonds is 5. The number of anilines is 1. The highest BCUT2D eigenvalue weighted by atomic mass is 35.5. The number of benzene rings is 2. The van der Waals surface area contributed by atoms with Gasteiger partial charge in [0.15, 0.2) is 0 Å². The number of nitrogens with zero attached hydrogens (tertiary/aromatic N) is 2. The number of aromatic nitrogens is 2. The highest BCUT2D eigenvalue weighted by Gasteiger charge is 2.17. The highest BCUT2D eigenvalue weighted by molar-refractivity contribution is 6.03. The molecule has 1 aliphatic heterocycles. The summed E-state index contributed by atoms with van der Waals surface area (Å²) < 4.78 is 12.6. The molecule has 0 radical (unpaired) electrons. The van der Waals surface area contributed by atoms with Crippen LogP contribution in [0, 0.1) is 0 Å². The summed E-state index contributed by atoms with van der Waals surface area (Å²) in [7, 11) is 3.38. The Bertz CT molecular complexity index is 998. The Morgan fingerprint density at radius 1 is 1.23 bits per heavy atom. The quantitative estimate of drug-likeness (QED) is 0.651. The van der Waals surface area contributed by atoms with Crippen molar-refractivity contribution in [3.05, 3.63) is 65.9 Å². The van der Waals surface area contributed by atoms with Crippen LogP contribution in [0.2, 0.25) is 0 Å². The lowest BCUT2D eigenvalue weighted by Crippen LogP contribution is -2.33. The zero-order chi connectivity index (χ0) is 20.2. The number of ether oxygens (including phenoxy) is 2. The molecule has 0 saturated carbocycles. The Hall–Kier alpha value is -2.87. The lowest BCUT2D eigenvalue weighted by Gasteiger charge is -2.24. The van der Waals surface area contributed by atoms with Crippen molar-refractivity contribution in [2.75, 3.05) is 32.1 Å². The molecule has 2 N–H and O–H groups in total. The van der Waals surface area contributed by atoms with Crippen LogP contribution in [0.4, 0.5) is 5.69 Å². The average Bonchev–Trinajstić information content (AvgIpc) is 3.17. The van der Waals surface area contributed by atoms with E-state index in [0.717, 1.165) is 35.7 Å². The Balaban J connectivity index is 0.00000256. The van der Waals surface area contributed by atoms with E-state index in [4.69, 9.17) is 9.47 Å². The number of amides is 1. The van der Waals surface area contributed by atoms with E-state index < -0.39 is 0 Å². The topological polar surface area (TPSA) is 77.4 Å². The summed E-state index contributed by atoms with van der Waals surface area (Å²) in [6.07, 6.45) is 0.0518. The zero-order valence-corrected chi connectivity index (χ0v) is 17.7. The molecule has 30 heavy (non-hydrogen) atoms. The van der Waals surface area contributed by atoms with E-state index in [-0.39, 0.29) is 24.4 Å². The molecule has 2 heterocycles. The van der Waals surface area contributed by atoms with Crippen LogP contribution in [-0.2, 0) is 11.8 Å². The summed E-state index contributed by atoms with van der Waals surface area (Å²) in [5.74, 6) is 0.536. The number of aryl methyl sites for hydroxylation is 1. The molecule has 1 amide bonds. The van der Waals surface area contributed by atoms with Gasteiger partial charge in [-0.15, -0.1) is 12.4 Å². The van der Waals surface area contributed by atoms with E-state index >= 15 is 0 Å². The predicted octanol–water partition coefficient (Wildman–Crippen LogP) is 3.43. The number of hydrogen-bond donors (Lipinski definition) is 2. The van der Waals surface area contributed by atoms with Gasteiger partial charge in [-0.1, -0.05) is 24.3 Å². The maximum atomic E-state index is 12.8. The zero-order valence-electron chi connectivity index (χ0n) is 16.9. The smallest absolute Gasteiger partial charge is 0.273 e. The van der Waals surface area contributed by atoms with Crippen molar-refractivity contribution in [2.45, 2.75) is 6.10 Å². The van der Waals surface area contributed by atoms with Gasteiger partial charge >= 0.3 is 0 Å². The first kappa shape index (κ1) is 21.8.